The lowest BCUT2D eigenvalue weighted by atomic mass is 9.80. The van der Waals surface area contributed by atoms with Crippen molar-refractivity contribution in [3.8, 4) is 0 Å². The fourth-order valence-electron chi connectivity index (χ4n) is 3.34. The Hall–Kier alpha value is -1.32. The van der Waals surface area contributed by atoms with Crippen LogP contribution < -0.4 is 0 Å². The van der Waals surface area contributed by atoms with E-state index in [1.165, 1.54) is 0 Å². The van der Waals surface area contributed by atoms with E-state index in [2.05, 4.69) is 6.08 Å². The summed E-state index contributed by atoms with van der Waals surface area (Å²) in [5.74, 6) is -0.864. The molecule has 0 aromatic heterocycles. The summed E-state index contributed by atoms with van der Waals surface area (Å²) in [6.07, 6.45) is 7.66. The van der Waals surface area contributed by atoms with Gasteiger partial charge in [-0.3, -0.25) is 9.59 Å². The number of allylic oxidation sites excluding steroid dienone is 2. The average Bonchev–Trinajstić information content (AvgIpc) is 2.83. The van der Waals surface area contributed by atoms with Crippen LogP contribution in [-0.2, 0) is 9.59 Å². The third-order valence-electron chi connectivity index (χ3n) is 4.09. The first kappa shape index (κ1) is 12.1. The summed E-state index contributed by atoms with van der Waals surface area (Å²) in [5.41, 5.74) is 0. The van der Waals surface area contributed by atoms with Crippen LogP contribution in [0.3, 0.4) is 0 Å². The molecule has 4 atom stereocenters. The molecule has 2 aliphatic rings. The Bertz CT molecular complexity index is 347. The van der Waals surface area contributed by atoms with E-state index in [0.717, 1.165) is 19.3 Å². The van der Waals surface area contributed by atoms with Crippen molar-refractivity contribution in [1.29, 1.82) is 0 Å². The van der Waals surface area contributed by atoms with Gasteiger partial charge in [0.15, 0.2) is 0 Å². The molecule has 4 nitrogen and oxygen atoms in total. The number of unbranched alkanes of at least 4 members (excludes halogenated alkanes) is 1. The molecule has 0 amide bonds. The number of hydrogen-bond acceptors (Lipinski definition) is 2. The first-order valence-corrected chi connectivity index (χ1v) is 6.22. The highest BCUT2D eigenvalue weighted by Gasteiger charge is 2.47. The van der Waals surface area contributed by atoms with Crippen LogP contribution in [0.5, 0.6) is 0 Å². The van der Waals surface area contributed by atoms with E-state index in [0.29, 0.717) is 12.3 Å². The zero-order chi connectivity index (χ0) is 12.4. The topological polar surface area (TPSA) is 74.6 Å². The van der Waals surface area contributed by atoms with Gasteiger partial charge in [-0.05, 0) is 37.0 Å². The standard InChI is InChI=1S/C13H18O4/c14-11(15)4-2-1-3-10-8-5-6-9(7-8)12(10)13(16)17/h5-6,8-10,12H,1-4,7H2,(H,14,15)(H,16,17). The molecule has 0 radical (unpaired) electrons. The number of carboxylic acids is 2. The van der Waals surface area contributed by atoms with Crippen LogP contribution in [0.2, 0.25) is 0 Å². The molecule has 0 aromatic rings. The molecule has 4 unspecified atom stereocenters. The highest BCUT2D eigenvalue weighted by atomic mass is 16.4. The molecule has 0 aromatic carbocycles. The molecule has 4 heteroatoms. The van der Waals surface area contributed by atoms with Crippen LogP contribution in [-0.4, -0.2) is 22.2 Å². The second kappa shape index (κ2) is 4.90. The highest BCUT2D eigenvalue weighted by Crippen LogP contribution is 2.49. The lowest BCUT2D eigenvalue weighted by Gasteiger charge is -2.24. The first-order chi connectivity index (χ1) is 8.09. The average molecular weight is 238 g/mol. The summed E-state index contributed by atoms with van der Waals surface area (Å²) in [6.45, 7) is 0. The Morgan fingerprint density at radius 1 is 1.12 bits per heavy atom. The van der Waals surface area contributed by atoms with Crippen molar-refractivity contribution in [2.24, 2.45) is 23.7 Å². The van der Waals surface area contributed by atoms with Gasteiger partial charge in [-0.15, -0.1) is 0 Å². The van der Waals surface area contributed by atoms with Crippen molar-refractivity contribution in [3.63, 3.8) is 0 Å². The molecule has 0 spiro atoms. The summed E-state index contributed by atoms with van der Waals surface area (Å²) in [5, 5.41) is 17.8. The van der Waals surface area contributed by atoms with Crippen LogP contribution in [0.15, 0.2) is 12.2 Å². The third-order valence-corrected chi connectivity index (χ3v) is 4.09. The van der Waals surface area contributed by atoms with E-state index in [-0.39, 0.29) is 24.2 Å². The van der Waals surface area contributed by atoms with Gasteiger partial charge >= 0.3 is 11.9 Å². The predicted molar refractivity (Wildman–Crippen MR) is 61.5 cm³/mol. The van der Waals surface area contributed by atoms with E-state index in [1.54, 1.807) is 0 Å². The van der Waals surface area contributed by atoms with Gasteiger partial charge in [0.2, 0.25) is 0 Å². The number of aliphatic carboxylic acids is 2. The second-order valence-electron chi connectivity index (χ2n) is 5.12. The van der Waals surface area contributed by atoms with Crippen molar-refractivity contribution >= 4 is 11.9 Å². The maximum absolute atomic E-state index is 11.2. The van der Waals surface area contributed by atoms with Crippen molar-refractivity contribution in [2.75, 3.05) is 0 Å². The number of rotatable bonds is 6. The van der Waals surface area contributed by atoms with E-state index in [9.17, 15) is 14.7 Å². The van der Waals surface area contributed by atoms with E-state index < -0.39 is 11.9 Å². The SMILES string of the molecule is O=C(O)CCCCC1C2C=CC(C2)C1C(=O)O. The number of fused-ring (bicyclic) bond motifs is 2. The molecule has 2 rings (SSSR count). The normalized spacial score (nSPS) is 34.1. The van der Waals surface area contributed by atoms with Crippen LogP contribution in [0.1, 0.15) is 32.1 Å². The van der Waals surface area contributed by atoms with Crippen molar-refractivity contribution in [1.82, 2.24) is 0 Å². The van der Waals surface area contributed by atoms with Crippen LogP contribution >= 0.6 is 0 Å². The number of carboxylic acid groups (broad SMARTS) is 2. The molecule has 1 saturated carbocycles. The summed E-state index contributed by atoms with van der Waals surface area (Å²) >= 11 is 0. The molecular formula is C13H18O4. The van der Waals surface area contributed by atoms with E-state index >= 15 is 0 Å². The maximum atomic E-state index is 11.2. The lowest BCUT2D eigenvalue weighted by Crippen LogP contribution is -2.27. The molecule has 2 bridgehead atoms. The van der Waals surface area contributed by atoms with Gasteiger partial charge in [0.05, 0.1) is 5.92 Å². The minimum atomic E-state index is -0.771. The molecular weight excluding hydrogens is 220 g/mol. The van der Waals surface area contributed by atoms with E-state index in [1.807, 2.05) is 6.08 Å². The molecule has 94 valence electrons. The van der Waals surface area contributed by atoms with Crippen LogP contribution in [0.25, 0.3) is 0 Å². The second-order valence-corrected chi connectivity index (χ2v) is 5.12. The Morgan fingerprint density at radius 3 is 2.47 bits per heavy atom. The van der Waals surface area contributed by atoms with Gasteiger partial charge < -0.3 is 10.2 Å². The van der Waals surface area contributed by atoms with Crippen molar-refractivity contribution in [3.05, 3.63) is 12.2 Å². The summed E-state index contributed by atoms with van der Waals surface area (Å²) < 4.78 is 0. The predicted octanol–water partition coefficient (Wildman–Crippen LogP) is 2.15. The quantitative estimate of drug-likeness (QED) is 0.549. The van der Waals surface area contributed by atoms with Crippen LogP contribution in [0.4, 0.5) is 0 Å². The number of carbonyl (C=O) groups is 2. The molecule has 0 heterocycles. The Balaban J connectivity index is 1.85. The minimum absolute atomic E-state index is 0.189. The smallest absolute Gasteiger partial charge is 0.307 e. The zero-order valence-electron chi connectivity index (χ0n) is 9.71. The molecule has 0 aliphatic heterocycles. The van der Waals surface area contributed by atoms with Gasteiger partial charge in [0, 0.05) is 6.42 Å². The molecule has 2 N–H and O–H groups in total. The summed E-state index contributed by atoms with van der Waals surface area (Å²) in [4.78, 5) is 21.6. The van der Waals surface area contributed by atoms with Gasteiger partial charge in [-0.2, -0.15) is 0 Å². The molecule has 17 heavy (non-hydrogen) atoms. The highest BCUT2D eigenvalue weighted by molar-refractivity contribution is 5.72. The minimum Gasteiger partial charge on any atom is -0.481 e. The Morgan fingerprint density at radius 2 is 1.82 bits per heavy atom. The zero-order valence-corrected chi connectivity index (χ0v) is 9.71. The van der Waals surface area contributed by atoms with Crippen molar-refractivity contribution in [2.45, 2.75) is 32.1 Å². The van der Waals surface area contributed by atoms with E-state index in [4.69, 9.17) is 5.11 Å². The van der Waals surface area contributed by atoms with Gasteiger partial charge in [-0.25, -0.2) is 0 Å². The molecule has 2 aliphatic carbocycles. The van der Waals surface area contributed by atoms with Gasteiger partial charge in [0.1, 0.15) is 0 Å². The monoisotopic (exact) mass is 238 g/mol. The number of hydrogen-bond donors (Lipinski definition) is 2. The maximum Gasteiger partial charge on any atom is 0.307 e. The fraction of sp³-hybridized carbons (Fsp3) is 0.692. The van der Waals surface area contributed by atoms with Gasteiger partial charge in [-0.1, -0.05) is 18.6 Å². The summed E-state index contributed by atoms with van der Waals surface area (Å²) in [6, 6.07) is 0. The Kier molecular flexibility index (Phi) is 3.50. The fourth-order valence-corrected chi connectivity index (χ4v) is 3.34. The van der Waals surface area contributed by atoms with Crippen molar-refractivity contribution < 1.29 is 19.8 Å². The summed E-state index contributed by atoms with van der Waals surface area (Å²) in [7, 11) is 0. The lowest BCUT2D eigenvalue weighted by molar-refractivity contribution is -0.144. The first-order valence-electron chi connectivity index (χ1n) is 6.22. The largest absolute Gasteiger partial charge is 0.481 e. The third kappa shape index (κ3) is 2.51. The molecule has 0 saturated heterocycles. The van der Waals surface area contributed by atoms with Gasteiger partial charge in [0.25, 0.3) is 0 Å². The molecule has 1 fully saturated rings. The van der Waals surface area contributed by atoms with Crippen LogP contribution in [0, 0.1) is 23.7 Å². The Labute approximate surface area is 100 Å².